The van der Waals surface area contributed by atoms with E-state index in [9.17, 15) is 18.0 Å². The van der Waals surface area contributed by atoms with E-state index in [1.165, 1.54) is 35.0 Å². The maximum atomic E-state index is 12.6. The highest BCUT2D eigenvalue weighted by Gasteiger charge is 2.24. The Hall–Kier alpha value is -1.93. The minimum Gasteiger partial charge on any atom is -0.452 e. The van der Waals surface area contributed by atoms with Gasteiger partial charge in [-0.25, -0.2) is 13.2 Å². The summed E-state index contributed by atoms with van der Waals surface area (Å²) in [5.74, 6) is -0.641. The Balaban J connectivity index is 1.98. The van der Waals surface area contributed by atoms with Crippen LogP contribution in [0.2, 0.25) is 0 Å². The standard InChI is InChI=1S/C20H30N2O5S/c1-4-22(5-2)28(25,26)17-11-8-10-16(13-17)20(24)27-14-19(23)21-18-12-7-6-9-15(18)3/h8,10-11,13,15,18H,4-7,9,12,14H2,1-3H3,(H,21,23)/t15-,18-/m0/s1. The maximum absolute atomic E-state index is 12.6. The Bertz CT molecular complexity index is 790. The molecule has 0 saturated heterocycles. The van der Waals surface area contributed by atoms with Gasteiger partial charge >= 0.3 is 5.97 Å². The lowest BCUT2D eigenvalue weighted by Gasteiger charge is -2.29. The fourth-order valence-electron chi connectivity index (χ4n) is 3.49. The number of nitrogens with zero attached hydrogens (tertiary/aromatic N) is 1. The number of esters is 1. The number of hydrogen-bond acceptors (Lipinski definition) is 5. The molecule has 0 bridgehead atoms. The highest BCUT2D eigenvalue weighted by Crippen LogP contribution is 2.23. The minimum absolute atomic E-state index is 0.0335. The van der Waals surface area contributed by atoms with Gasteiger partial charge in [-0.3, -0.25) is 4.79 Å². The number of hydrogen-bond donors (Lipinski definition) is 1. The molecule has 1 aliphatic rings. The zero-order valence-electron chi connectivity index (χ0n) is 16.8. The number of carbonyl (C=O) groups is 2. The second kappa shape index (κ2) is 10.0. The van der Waals surface area contributed by atoms with Crippen molar-refractivity contribution in [2.75, 3.05) is 19.7 Å². The summed E-state index contributed by atoms with van der Waals surface area (Å²) < 4.78 is 31.6. The molecule has 1 fully saturated rings. The summed E-state index contributed by atoms with van der Waals surface area (Å²) in [6, 6.07) is 5.82. The van der Waals surface area contributed by atoms with Crippen LogP contribution in [0.5, 0.6) is 0 Å². The number of rotatable bonds is 8. The van der Waals surface area contributed by atoms with E-state index in [1.54, 1.807) is 13.8 Å². The molecular weight excluding hydrogens is 380 g/mol. The molecule has 0 spiro atoms. The van der Waals surface area contributed by atoms with Gasteiger partial charge in [-0.1, -0.05) is 39.7 Å². The van der Waals surface area contributed by atoms with E-state index in [0.29, 0.717) is 19.0 Å². The van der Waals surface area contributed by atoms with Gasteiger partial charge < -0.3 is 10.1 Å². The van der Waals surface area contributed by atoms with E-state index in [2.05, 4.69) is 12.2 Å². The third-order valence-electron chi connectivity index (χ3n) is 5.21. The van der Waals surface area contributed by atoms with Gasteiger partial charge in [0.1, 0.15) is 0 Å². The van der Waals surface area contributed by atoms with Gasteiger partial charge in [-0.15, -0.1) is 0 Å². The van der Waals surface area contributed by atoms with Gasteiger partial charge in [-0.2, -0.15) is 4.31 Å². The Morgan fingerprint density at radius 1 is 1.18 bits per heavy atom. The van der Waals surface area contributed by atoms with Gasteiger partial charge in [0.05, 0.1) is 10.5 Å². The van der Waals surface area contributed by atoms with Crippen LogP contribution in [-0.4, -0.2) is 50.3 Å². The molecule has 0 heterocycles. The van der Waals surface area contributed by atoms with Crippen LogP contribution in [-0.2, 0) is 19.6 Å². The zero-order valence-corrected chi connectivity index (χ0v) is 17.6. The van der Waals surface area contributed by atoms with Gasteiger partial charge in [0.15, 0.2) is 6.61 Å². The lowest BCUT2D eigenvalue weighted by atomic mass is 9.86. The first-order valence-corrected chi connectivity index (χ1v) is 11.3. The fourth-order valence-corrected chi connectivity index (χ4v) is 4.99. The quantitative estimate of drug-likeness (QED) is 0.665. The SMILES string of the molecule is CCN(CC)S(=O)(=O)c1cccc(C(=O)OCC(=O)N[C@H]2CCCC[C@@H]2C)c1. The largest absolute Gasteiger partial charge is 0.452 e. The maximum Gasteiger partial charge on any atom is 0.338 e. The molecule has 1 aromatic carbocycles. The Morgan fingerprint density at radius 3 is 2.50 bits per heavy atom. The summed E-state index contributed by atoms with van der Waals surface area (Å²) in [5, 5.41) is 2.92. The first-order valence-electron chi connectivity index (χ1n) is 9.86. The Labute approximate surface area is 167 Å². The van der Waals surface area contributed by atoms with Crippen molar-refractivity contribution in [3.8, 4) is 0 Å². The Kier molecular flexibility index (Phi) is 8.00. The van der Waals surface area contributed by atoms with Crippen LogP contribution in [0.1, 0.15) is 56.8 Å². The third kappa shape index (κ3) is 5.54. The van der Waals surface area contributed by atoms with Crippen LogP contribution < -0.4 is 5.32 Å². The number of nitrogens with one attached hydrogen (secondary N) is 1. The summed E-state index contributed by atoms with van der Waals surface area (Å²) >= 11 is 0. The summed E-state index contributed by atoms with van der Waals surface area (Å²) in [7, 11) is -3.67. The third-order valence-corrected chi connectivity index (χ3v) is 7.25. The summed E-state index contributed by atoms with van der Waals surface area (Å²) in [5.41, 5.74) is 0.104. The van der Waals surface area contributed by atoms with E-state index in [1.807, 2.05) is 0 Å². The molecule has 8 heteroatoms. The fraction of sp³-hybridized carbons (Fsp3) is 0.600. The van der Waals surface area contributed by atoms with Gasteiger partial charge in [0.2, 0.25) is 10.0 Å². The molecule has 1 amide bonds. The predicted octanol–water partition coefficient (Wildman–Crippen LogP) is 2.57. The predicted molar refractivity (Wildman–Crippen MR) is 106 cm³/mol. The van der Waals surface area contributed by atoms with E-state index >= 15 is 0 Å². The normalized spacial score (nSPS) is 20.0. The average Bonchev–Trinajstić information content (AvgIpc) is 2.68. The second-order valence-electron chi connectivity index (χ2n) is 7.13. The van der Waals surface area contributed by atoms with Crippen molar-refractivity contribution < 1.29 is 22.7 Å². The van der Waals surface area contributed by atoms with Crippen LogP contribution in [0.25, 0.3) is 0 Å². The van der Waals surface area contributed by atoms with E-state index in [0.717, 1.165) is 19.3 Å². The van der Waals surface area contributed by atoms with E-state index in [4.69, 9.17) is 4.74 Å². The molecule has 28 heavy (non-hydrogen) atoms. The summed E-state index contributed by atoms with van der Waals surface area (Å²) in [6.45, 7) is 5.92. The van der Waals surface area contributed by atoms with Crippen molar-refractivity contribution in [1.82, 2.24) is 9.62 Å². The first kappa shape index (κ1) is 22.4. The van der Waals surface area contributed by atoms with Crippen LogP contribution in [0.15, 0.2) is 29.2 Å². The monoisotopic (exact) mass is 410 g/mol. The van der Waals surface area contributed by atoms with Gasteiger partial charge in [0.25, 0.3) is 5.91 Å². The second-order valence-corrected chi connectivity index (χ2v) is 9.07. The molecule has 0 unspecified atom stereocenters. The number of ether oxygens (including phenoxy) is 1. The van der Waals surface area contributed by atoms with Crippen LogP contribution in [0.3, 0.4) is 0 Å². The first-order chi connectivity index (χ1) is 13.3. The molecule has 0 radical (unpaired) electrons. The van der Waals surface area contributed by atoms with Crippen molar-refractivity contribution in [2.24, 2.45) is 5.92 Å². The smallest absolute Gasteiger partial charge is 0.338 e. The highest BCUT2D eigenvalue weighted by atomic mass is 32.2. The molecule has 2 rings (SSSR count). The van der Waals surface area contributed by atoms with E-state index < -0.39 is 16.0 Å². The summed E-state index contributed by atoms with van der Waals surface area (Å²) in [6.07, 6.45) is 4.28. The average molecular weight is 411 g/mol. The number of carbonyl (C=O) groups excluding carboxylic acids is 2. The molecule has 1 aromatic rings. The lowest BCUT2D eigenvalue weighted by molar-refractivity contribution is -0.125. The minimum atomic E-state index is -3.67. The van der Waals surface area contributed by atoms with Crippen molar-refractivity contribution in [2.45, 2.75) is 57.4 Å². The highest BCUT2D eigenvalue weighted by molar-refractivity contribution is 7.89. The number of sulfonamides is 1. The molecule has 1 aliphatic carbocycles. The van der Waals surface area contributed by atoms with Crippen molar-refractivity contribution in [3.05, 3.63) is 29.8 Å². The van der Waals surface area contributed by atoms with Crippen LogP contribution >= 0.6 is 0 Å². The summed E-state index contributed by atoms with van der Waals surface area (Å²) in [4.78, 5) is 24.4. The van der Waals surface area contributed by atoms with Crippen LogP contribution in [0, 0.1) is 5.92 Å². The molecular formula is C20H30N2O5S. The van der Waals surface area contributed by atoms with Gasteiger partial charge in [0, 0.05) is 19.1 Å². The van der Waals surface area contributed by atoms with E-state index in [-0.39, 0.29) is 29.0 Å². The van der Waals surface area contributed by atoms with Crippen molar-refractivity contribution >= 4 is 21.9 Å². The zero-order chi connectivity index (χ0) is 20.7. The van der Waals surface area contributed by atoms with Crippen molar-refractivity contribution in [3.63, 3.8) is 0 Å². The molecule has 1 saturated carbocycles. The number of amides is 1. The molecule has 0 aliphatic heterocycles. The van der Waals surface area contributed by atoms with Crippen LogP contribution in [0.4, 0.5) is 0 Å². The lowest BCUT2D eigenvalue weighted by Crippen LogP contribution is -2.42. The molecule has 2 atom stereocenters. The van der Waals surface area contributed by atoms with Gasteiger partial charge in [-0.05, 0) is 37.0 Å². The number of benzene rings is 1. The topological polar surface area (TPSA) is 92.8 Å². The van der Waals surface area contributed by atoms with Crippen molar-refractivity contribution in [1.29, 1.82) is 0 Å². The molecule has 156 valence electrons. The Morgan fingerprint density at radius 2 is 1.86 bits per heavy atom. The molecule has 0 aromatic heterocycles. The molecule has 7 nitrogen and oxygen atoms in total. The molecule has 1 N–H and O–H groups in total.